The van der Waals surface area contributed by atoms with Gasteiger partial charge in [-0.3, -0.25) is 9.59 Å². The molecule has 0 saturated carbocycles. The van der Waals surface area contributed by atoms with Gasteiger partial charge in [0.1, 0.15) is 17.1 Å². The molecular formula is C25H18F3N3O3. The standard InChI is InChI=1S/C25H18F3N3O3/c26-25(27,28)24-29-15-20(23(33)31-24)22(32)30-21(16-7-3-1-4-8-16)17-11-13-19(14-12-17)34-18-9-5-2-6-10-18/h1-15,21H,(H,30,32)(H,29,31,33). The maximum Gasteiger partial charge on any atom is 0.449 e. The fourth-order valence-corrected chi connectivity index (χ4v) is 3.27. The molecule has 1 aromatic heterocycles. The van der Waals surface area contributed by atoms with Crippen LogP contribution in [0, 0.1) is 0 Å². The number of carbonyl (C=O) groups excluding carboxylic acids is 1. The summed E-state index contributed by atoms with van der Waals surface area (Å²) < 4.78 is 44.1. The lowest BCUT2D eigenvalue weighted by atomic mass is 9.98. The van der Waals surface area contributed by atoms with Crippen LogP contribution >= 0.6 is 0 Å². The highest BCUT2D eigenvalue weighted by Crippen LogP contribution is 2.27. The minimum Gasteiger partial charge on any atom is -0.457 e. The molecule has 1 atom stereocenters. The van der Waals surface area contributed by atoms with E-state index < -0.39 is 35.1 Å². The van der Waals surface area contributed by atoms with Gasteiger partial charge in [-0.05, 0) is 35.4 Å². The third-order valence-corrected chi connectivity index (χ3v) is 4.91. The Morgan fingerprint density at radius 1 is 0.853 bits per heavy atom. The average molecular weight is 465 g/mol. The van der Waals surface area contributed by atoms with Crippen LogP contribution < -0.4 is 15.6 Å². The summed E-state index contributed by atoms with van der Waals surface area (Å²) in [4.78, 5) is 29.7. The molecule has 0 aliphatic rings. The molecule has 1 heterocycles. The zero-order valence-corrected chi connectivity index (χ0v) is 17.5. The van der Waals surface area contributed by atoms with Crippen molar-refractivity contribution in [3.63, 3.8) is 0 Å². The van der Waals surface area contributed by atoms with Gasteiger partial charge in [-0.2, -0.15) is 13.2 Å². The highest BCUT2D eigenvalue weighted by molar-refractivity contribution is 5.94. The molecule has 0 bridgehead atoms. The SMILES string of the molecule is O=C(NC(c1ccccc1)c1ccc(Oc2ccccc2)cc1)c1cnc(C(F)(F)F)[nH]c1=O. The van der Waals surface area contributed by atoms with Gasteiger partial charge >= 0.3 is 6.18 Å². The summed E-state index contributed by atoms with van der Waals surface area (Å²) in [7, 11) is 0. The maximum absolute atomic E-state index is 12.8. The lowest BCUT2D eigenvalue weighted by molar-refractivity contribution is -0.145. The molecule has 0 spiro atoms. The predicted octanol–water partition coefficient (Wildman–Crippen LogP) is 5.10. The number of rotatable bonds is 6. The van der Waals surface area contributed by atoms with Gasteiger partial charge in [0.2, 0.25) is 5.82 Å². The second kappa shape index (κ2) is 9.62. The molecule has 172 valence electrons. The summed E-state index contributed by atoms with van der Waals surface area (Å²) in [6, 6.07) is 24.5. The van der Waals surface area contributed by atoms with Crippen molar-refractivity contribution in [2.45, 2.75) is 12.2 Å². The number of halogens is 3. The molecule has 4 rings (SSSR count). The van der Waals surface area contributed by atoms with Crippen LogP contribution in [0.3, 0.4) is 0 Å². The lowest BCUT2D eigenvalue weighted by Gasteiger charge is -2.20. The highest BCUT2D eigenvalue weighted by atomic mass is 19.4. The minimum absolute atomic E-state index is 0.530. The summed E-state index contributed by atoms with van der Waals surface area (Å²) in [6.45, 7) is 0. The zero-order valence-electron chi connectivity index (χ0n) is 17.5. The number of carbonyl (C=O) groups is 1. The number of hydrogen-bond donors (Lipinski definition) is 2. The van der Waals surface area contributed by atoms with E-state index in [9.17, 15) is 22.8 Å². The second-order valence-corrected chi connectivity index (χ2v) is 7.27. The number of para-hydroxylation sites is 1. The van der Waals surface area contributed by atoms with Gasteiger partial charge in [0, 0.05) is 6.20 Å². The van der Waals surface area contributed by atoms with Crippen molar-refractivity contribution in [2.24, 2.45) is 0 Å². The topological polar surface area (TPSA) is 84.1 Å². The van der Waals surface area contributed by atoms with E-state index in [-0.39, 0.29) is 0 Å². The Morgan fingerprint density at radius 3 is 2.00 bits per heavy atom. The Bertz CT molecular complexity index is 1320. The quantitative estimate of drug-likeness (QED) is 0.415. The summed E-state index contributed by atoms with van der Waals surface area (Å²) in [5.41, 5.74) is -0.323. The molecular weight excluding hydrogens is 447 g/mol. The van der Waals surface area contributed by atoms with Gasteiger partial charge in [0.05, 0.1) is 6.04 Å². The molecule has 1 unspecified atom stereocenters. The van der Waals surface area contributed by atoms with E-state index in [1.807, 2.05) is 36.4 Å². The first-order valence-corrected chi connectivity index (χ1v) is 10.2. The first-order valence-electron chi connectivity index (χ1n) is 10.2. The number of nitrogens with one attached hydrogen (secondary N) is 2. The van der Waals surface area contributed by atoms with Crippen LogP contribution in [0.2, 0.25) is 0 Å². The summed E-state index contributed by atoms with van der Waals surface area (Å²) in [5, 5.41) is 2.71. The first-order chi connectivity index (χ1) is 16.3. The van der Waals surface area contributed by atoms with E-state index in [1.165, 1.54) is 0 Å². The van der Waals surface area contributed by atoms with Crippen molar-refractivity contribution in [1.29, 1.82) is 0 Å². The van der Waals surface area contributed by atoms with Crippen molar-refractivity contribution in [2.75, 3.05) is 0 Å². The third-order valence-electron chi connectivity index (χ3n) is 4.91. The van der Waals surface area contributed by atoms with Gasteiger partial charge in [-0.25, -0.2) is 4.98 Å². The summed E-state index contributed by atoms with van der Waals surface area (Å²) in [6.07, 6.45) is -4.21. The molecule has 0 radical (unpaired) electrons. The molecule has 6 nitrogen and oxygen atoms in total. The van der Waals surface area contributed by atoms with Gasteiger partial charge in [-0.1, -0.05) is 60.7 Å². The van der Waals surface area contributed by atoms with Crippen molar-refractivity contribution in [3.05, 3.63) is 124 Å². The highest BCUT2D eigenvalue weighted by Gasteiger charge is 2.34. The molecule has 0 aliphatic carbocycles. The number of nitrogens with zero attached hydrogens (tertiary/aromatic N) is 1. The molecule has 34 heavy (non-hydrogen) atoms. The first kappa shape index (κ1) is 22.8. The molecule has 1 amide bonds. The number of hydrogen-bond acceptors (Lipinski definition) is 4. The van der Waals surface area contributed by atoms with Crippen molar-refractivity contribution in [3.8, 4) is 11.5 Å². The van der Waals surface area contributed by atoms with E-state index >= 15 is 0 Å². The normalized spacial score (nSPS) is 12.1. The Balaban J connectivity index is 1.60. The molecule has 3 aromatic carbocycles. The fourth-order valence-electron chi connectivity index (χ4n) is 3.27. The van der Waals surface area contributed by atoms with Gasteiger partial charge < -0.3 is 15.0 Å². The smallest absolute Gasteiger partial charge is 0.449 e. The molecule has 0 fully saturated rings. The third kappa shape index (κ3) is 5.32. The summed E-state index contributed by atoms with van der Waals surface area (Å²) in [5.74, 6) is -1.09. The number of H-pyrrole nitrogens is 1. The molecule has 4 aromatic rings. The number of aromatic nitrogens is 2. The van der Waals surface area contributed by atoms with E-state index in [0.29, 0.717) is 28.8 Å². The van der Waals surface area contributed by atoms with Crippen molar-refractivity contribution >= 4 is 5.91 Å². The number of aromatic amines is 1. The molecule has 0 aliphatic heterocycles. The molecule has 9 heteroatoms. The Morgan fingerprint density at radius 2 is 1.41 bits per heavy atom. The average Bonchev–Trinajstić information content (AvgIpc) is 2.83. The van der Waals surface area contributed by atoms with Crippen molar-refractivity contribution in [1.82, 2.24) is 15.3 Å². The Hall–Kier alpha value is -4.40. The monoisotopic (exact) mass is 465 g/mol. The maximum atomic E-state index is 12.8. The van der Waals surface area contributed by atoms with Crippen LogP contribution in [0.5, 0.6) is 11.5 Å². The minimum atomic E-state index is -4.83. The van der Waals surface area contributed by atoms with E-state index in [1.54, 1.807) is 53.5 Å². The van der Waals surface area contributed by atoms with Gasteiger partial charge in [0.15, 0.2) is 0 Å². The van der Waals surface area contributed by atoms with Crippen LogP contribution in [0.15, 0.2) is 95.9 Å². The zero-order chi connectivity index (χ0) is 24.1. The number of ether oxygens (including phenoxy) is 1. The van der Waals surface area contributed by atoms with Crippen molar-refractivity contribution < 1.29 is 22.7 Å². The predicted molar refractivity (Wildman–Crippen MR) is 119 cm³/mol. The van der Waals surface area contributed by atoms with Crippen LogP contribution in [0.1, 0.15) is 33.4 Å². The van der Waals surface area contributed by atoms with Crippen LogP contribution in [0.4, 0.5) is 13.2 Å². The summed E-state index contributed by atoms with van der Waals surface area (Å²) >= 11 is 0. The Labute approximate surface area is 192 Å². The van der Waals surface area contributed by atoms with E-state index in [2.05, 4.69) is 10.3 Å². The number of amides is 1. The van der Waals surface area contributed by atoms with Crippen LogP contribution in [0.25, 0.3) is 0 Å². The second-order valence-electron chi connectivity index (χ2n) is 7.27. The lowest BCUT2D eigenvalue weighted by Crippen LogP contribution is -2.34. The fraction of sp³-hybridized carbons (Fsp3) is 0.0800. The largest absolute Gasteiger partial charge is 0.457 e. The van der Waals surface area contributed by atoms with E-state index in [4.69, 9.17) is 4.74 Å². The van der Waals surface area contributed by atoms with Crippen LogP contribution in [-0.4, -0.2) is 15.9 Å². The van der Waals surface area contributed by atoms with Gasteiger partial charge in [0.25, 0.3) is 11.5 Å². The Kier molecular flexibility index (Phi) is 6.44. The molecule has 2 N–H and O–H groups in total. The molecule has 0 saturated heterocycles. The number of benzene rings is 3. The van der Waals surface area contributed by atoms with E-state index in [0.717, 1.165) is 0 Å². The number of alkyl halides is 3. The van der Waals surface area contributed by atoms with Gasteiger partial charge in [-0.15, -0.1) is 0 Å². The van der Waals surface area contributed by atoms with Crippen LogP contribution in [-0.2, 0) is 6.18 Å².